The standard InChI is InChI=1S/C21H29NO6/c1-4-27-20(23)17-13-22(21(24)26-3)12-16(17)14-9-10-18(25-2)19(11-14)28-15-7-5-6-8-15/h9-11,15-17H,4-8,12-13H2,1-3H3/t16-,17+/m0/s1. The van der Waals surface area contributed by atoms with Crippen LogP contribution in [-0.4, -0.2) is 57.0 Å². The van der Waals surface area contributed by atoms with Gasteiger partial charge in [0, 0.05) is 19.0 Å². The van der Waals surface area contributed by atoms with E-state index in [9.17, 15) is 9.59 Å². The summed E-state index contributed by atoms with van der Waals surface area (Å²) in [6.07, 6.45) is 4.19. The van der Waals surface area contributed by atoms with Crippen LogP contribution in [0.5, 0.6) is 11.5 Å². The number of likely N-dealkylation sites (tertiary alicyclic amines) is 1. The summed E-state index contributed by atoms with van der Waals surface area (Å²) in [7, 11) is 2.96. The van der Waals surface area contributed by atoms with Gasteiger partial charge < -0.3 is 23.8 Å². The molecule has 0 N–H and O–H groups in total. The number of ether oxygens (including phenoxy) is 4. The van der Waals surface area contributed by atoms with Crippen molar-refractivity contribution in [1.82, 2.24) is 4.90 Å². The molecule has 0 unspecified atom stereocenters. The zero-order valence-corrected chi connectivity index (χ0v) is 16.8. The molecule has 0 bridgehead atoms. The molecule has 7 heteroatoms. The van der Waals surface area contributed by atoms with E-state index in [1.807, 2.05) is 18.2 Å². The molecular formula is C21H29NO6. The Balaban J connectivity index is 1.87. The third-order valence-electron chi connectivity index (χ3n) is 5.55. The normalized spacial score (nSPS) is 22.2. The fourth-order valence-electron chi connectivity index (χ4n) is 4.11. The second-order valence-electron chi connectivity index (χ2n) is 7.27. The van der Waals surface area contributed by atoms with Crippen LogP contribution in [0.25, 0.3) is 0 Å². The summed E-state index contributed by atoms with van der Waals surface area (Å²) in [5.41, 5.74) is 0.929. The van der Waals surface area contributed by atoms with Crippen molar-refractivity contribution in [3.05, 3.63) is 23.8 Å². The molecule has 154 valence electrons. The van der Waals surface area contributed by atoms with Crippen LogP contribution in [-0.2, 0) is 14.3 Å². The molecule has 0 spiro atoms. The van der Waals surface area contributed by atoms with Gasteiger partial charge in [-0.3, -0.25) is 4.79 Å². The van der Waals surface area contributed by atoms with E-state index >= 15 is 0 Å². The number of benzene rings is 1. The maximum atomic E-state index is 12.5. The number of rotatable bonds is 6. The van der Waals surface area contributed by atoms with Crippen molar-refractivity contribution in [2.75, 3.05) is 33.9 Å². The van der Waals surface area contributed by atoms with E-state index in [2.05, 4.69) is 0 Å². The number of hydrogen-bond acceptors (Lipinski definition) is 6. The van der Waals surface area contributed by atoms with Gasteiger partial charge in [-0.2, -0.15) is 0 Å². The van der Waals surface area contributed by atoms with Gasteiger partial charge in [-0.05, 0) is 50.3 Å². The highest BCUT2D eigenvalue weighted by atomic mass is 16.5. The summed E-state index contributed by atoms with van der Waals surface area (Å²) in [5, 5.41) is 0. The highest BCUT2D eigenvalue weighted by Crippen LogP contribution is 2.39. The minimum absolute atomic E-state index is 0.185. The Bertz CT molecular complexity index is 700. The van der Waals surface area contributed by atoms with E-state index in [0.29, 0.717) is 24.7 Å². The first-order chi connectivity index (χ1) is 13.6. The van der Waals surface area contributed by atoms with Crippen molar-refractivity contribution in [1.29, 1.82) is 0 Å². The fraction of sp³-hybridized carbons (Fsp3) is 0.619. The number of esters is 1. The molecule has 28 heavy (non-hydrogen) atoms. The summed E-state index contributed by atoms with van der Waals surface area (Å²) in [6, 6.07) is 5.73. The van der Waals surface area contributed by atoms with Crippen molar-refractivity contribution in [2.24, 2.45) is 5.92 Å². The van der Waals surface area contributed by atoms with Crippen LogP contribution in [0.2, 0.25) is 0 Å². The molecule has 2 aliphatic rings. The van der Waals surface area contributed by atoms with E-state index in [0.717, 1.165) is 18.4 Å². The lowest BCUT2D eigenvalue weighted by molar-refractivity contribution is -0.147. The smallest absolute Gasteiger partial charge is 0.409 e. The number of nitrogens with zero attached hydrogens (tertiary/aromatic N) is 1. The first-order valence-electron chi connectivity index (χ1n) is 9.91. The van der Waals surface area contributed by atoms with Gasteiger partial charge in [-0.15, -0.1) is 0 Å². The highest BCUT2D eigenvalue weighted by molar-refractivity contribution is 5.77. The molecule has 1 saturated heterocycles. The van der Waals surface area contributed by atoms with Crippen LogP contribution in [0.15, 0.2) is 18.2 Å². The zero-order chi connectivity index (χ0) is 20.1. The molecule has 2 atom stereocenters. The molecule has 1 aliphatic heterocycles. The third kappa shape index (κ3) is 4.34. The van der Waals surface area contributed by atoms with Crippen molar-refractivity contribution >= 4 is 12.1 Å². The van der Waals surface area contributed by atoms with Crippen LogP contribution in [0, 0.1) is 5.92 Å². The second kappa shape index (κ2) is 9.17. The molecule has 1 amide bonds. The lowest BCUT2D eigenvalue weighted by Crippen LogP contribution is -2.30. The average Bonchev–Trinajstić information content (AvgIpc) is 3.37. The van der Waals surface area contributed by atoms with E-state index in [4.69, 9.17) is 18.9 Å². The summed E-state index contributed by atoms with van der Waals surface area (Å²) < 4.78 is 21.7. The molecule has 1 aromatic carbocycles. The number of amides is 1. The van der Waals surface area contributed by atoms with Gasteiger partial charge in [0.15, 0.2) is 11.5 Å². The van der Waals surface area contributed by atoms with E-state index in [1.165, 1.54) is 20.0 Å². The largest absolute Gasteiger partial charge is 0.493 e. The van der Waals surface area contributed by atoms with Crippen molar-refractivity contribution in [3.63, 3.8) is 0 Å². The van der Waals surface area contributed by atoms with Gasteiger partial charge in [0.25, 0.3) is 0 Å². The van der Waals surface area contributed by atoms with Crippen LogP contribution >= 0.6 is 0 Å². The minimum atomic E-state index is -0.438. The predicted octanol–water partition coefficient (Wildman–Crippen LogP) is 3.36. The maximum Gasteiger partial charge on any atom is 0.409 e. The zero-order valence-electron chi connectivity index (χ0n) is 16.8. The minimum Gasteiger partial charge on any atom is -0.493 e. The van der Waals surface area contributed by atoms with Gasteiger partial charge in [-0.25, -0.2) is 4.79 Å². The third-order valence-corrected chi connectivity index (χ3v) is 5.55. The van der Waals surface area contributed by atoms with Gasteiger partial charge >= 0.3 is 12.1 Å². The molecule has 1 saturated carbocycles. The molecule has 2 fully saturated rings. The Labute approximate surface area is 165 Å². The Morgan fingerprint density at radius 2 is 1.86 bits per heavy atom. The summed E-state index contributed by atoms with van der Waals surface area (Å²) >= 11 is 0. The molecule has 0 radical (unpaired) electrons. The van der Waals surface area contributed by atoms with E-state index in [1.54, 1.807) is 18.9 Å². The van der Waals surface area contributed by atoms with Gasteiger partial charge in [0.2, 0.25) is 0 Å². The Morgan fingerprint density at radius 1 is 1.11 bits per heavy atom. The number of carbonyl (C=O) groups is 2. The molecular weight excluding hydrogens is 362 g/mol. The van der Waals surface area contributed by atoms with Crippen LogP contribution in [0.3, 0.4) is 0 Å². The fourth-order valence-corrected chi connectivity index (χ4v) is 4.11. The van der Waals surface area contributed by atoms with Crippen LogP contribution < -0.4 is 9.47 Å². The topological polar surface area (TPSA) is 74.3 Å². The Morgan fingerprint density at radius 3 is 2.50 bits per heavy atom. The van der Waals surface area contributed by atoms with Gasteiger partial charge in [-0.1, -0.05) is 6.07 Å². The first-order valence-corrected chi connectivity index (χ1v) is 9.91. The molecule has 0 aromatic heterocycles. The highest BCUT2D eigenvalue weighted by Gasteiger charge is 2.42. The molecule has 1 heterocycles. The lowest BCUT2D eigenvalue weighted by Gasteiger charge is -2.21. The van der Waals surface area contributed by atoms with Crippen LogP contribution in [0.4, 0.5) is 4.79 Å². The number of hydrogen-bond donors (Lipinski definition) is 0. The number of methoxy groups -OCH3 is 2. The maximum absolute atomic E-state index is 12.5. The van der Waals surface area contributed by atoms with Gasteiger partial charge in [0.05, 0.1) is 32.8 Å². The lowest BCUT2D eigenvalue weighted by atomic mass is 9.88. The first kappa shape index (κ1) is 20.3. The van der Waals surface area contributed by atoms with Crippen molar-refractivity contribution in [3.8, 4) is 11.5 Å². The molecule has 1 aliphatic carbocycles. The molecule has 1 aromatic rings. The average molecular weight is 391 g/mol. The SMILES string of the molecule is CCOC(=O)[C@@H]1CN(C(=O)OC)C[C@H]1c1ccc(OC)c(OC2CCCC2)c1. The Hall–Kier alpha value is -2.44. The monoisotopic (exact) mass is 391 g/mol. The molecule has 7 nitrogen and oxygen atoms in total. The quantitative estimate of drug-likeness (QED) is 0.692. The van der Waals surface area contributed by atoms with Crippen molar-refractivity contribution in [2.45, 2.75) is 44.6 Å². The summed E-state index contributed by atoms with van der Waals surface area (Å²) in [6.45, 7) is 2.76. The second-order valence-corrected chi connectivity index (χ2v) is 7.27. The number of carbonyl (C=O) groups excluding carboxylic acids is 2. The van der Waals surface area contributed by atoms with E-state index in [-0.39, 0.29) is 24.5 Å². The van der Waals surface area contributed by atoms with Gasteiger partial charge in [0.1, 0.15) is 0 Å². The summed E-state index contributed by atoms with van der Waals surface area (Å²) in [5.74, 6) is 0.437. The Kier molecular flexibility index (Phi) is 6.65. The predicted molar refractivity (Wildman–Crippen MR) is 103 cm³/mol. The van der Waals surface area contributed by atoms with E-state index < -0.39 is 12.0 Å². The molecule has 3 rings (SSSR count). The van der Waals surface area contributed by atoms with Crippen LogP contribution in [0.1, 0.15) is 44.1 Å². The summed E-state index contributed by atoms with van der Waals surface area (Å²) in [4.78, 5) is 26.1. The van der Waals surface area contributed by atoms with Crippen molar-refractivity contribution < 1.29 is 28.5 Å².